The Balaban J connectivity index is 3.28. The van der Waals surface area contributed by atoms with Crippen LogP contribution in [-0.2, 0) is 4.79 Å². The van der Waals surface area contributed by atoms with E-state index in [-0.39, 0.29) is 18.1 Å². The molecule has 0 aliphatic heterocycles. The molecule has 0 spiro atoms. The van der Waals surface area contributed by atoms with E-state index < -0.39 is 0 Å². The van der Waals surface area contributed by atoms with Crippen molar-refractivity contribution < 1.29 is 9.90 Å². The summed E-state index contributed by atoms with van der Waals surface area (Å²) in [6.45, 7) is 4.20. The van der Waals surface area contributed by atoms with E-state index in [1.54, 1.807) is 6.92 Å². The first-order chi connectivity index (χ1) is 6.52. The third kappa shape index (κ3) is 9.48. The van der Waals surface area contributed by atoms with Gasteiger partial charge in [-0.05, 0) is 33.1 Å². The summed E-state index contributed by atoms with van der Waals surface area (Å²) in [6.07, 6.45) is 2.50. The van der Waals surface area contributed by atoms with Crippen molar-refractivity contribution >= 4 is 5.91 Å². The van der Waals surface area contributed by atoms with E-state index in [9.17, 15) is 4.79 Å². The van der Waals surface area contributed by atoms with Crippen LogP contribution in [0, 0.1) is 0 Å². The van der Waals surface area contributed by atoms with Crippen LogP contribution >= 0.6 is 0 Å². The maximum absolute atomic E-state index is 11.2. The van der Waals surface area contributed by atoms with Crippen molar-refractivity contribution in [3.05, 3.63) is 0 Å². The highest BCUT2D eigenvalue weighted by Gasteiger charge is 2.02. The average molecular weight is 202 g/mol. The van der Waals surface area contributed by atoms with Crippen molar-refractivity contribution in [1.82, 2.24) is 5.32 Å². The first kappa shape index (κ1) is 13.4. The standard InChI is InChI=1S/C10H22N2O2/c1-8(11)4-3-5-10(14)12-7-6-9(2)13/h8-9,13H,3-7,11H2,1-2H3,(H,12,14). The first-order valence-corrected chi connectivity index (χ1v) is 5.22. The third-order valence-electron chi connectivity index (χ3n) is 1.95. The molecule has 2 unspecified atom stereocenters. The van der Waals surface area contributed by atoms with Gasteiger partial charge in [-0.2, -0.15) is 0 Å². The summed E-state index contributed by atoms with van der Waals surface area (Å²) in [6, 6.07) is 0.167. The lowest BCUT2D eigenvalue weighted by Gasteiger charge is -2.07. The minimum absolute atomic E-state index is 0.0475. The summed E-state index contributed by atoms with van der Waals surface area (Å²) in [5, 5.41) is 11.7. The molecule has 4 heteroatoms. The fourth-order valence-corrected chi connectivity index (χ4v) is 1.09. The Labute approximate surface area is 85.9 Å². The number of nitrogens with two attached hydrogens (primary N) is 1. The number of aliphatic hydroxyl groups excluding tert-OH is 1. The summed E-state index contributed by atoms with van der Waals surface area (Å²) < 4.78 is 0. The largest absolute Gasteiger partial charge is 0.393 e. The summed E-state index contributed by atoms with van der Waals surface area (Å²) in [5.74, 6) is 0.0475. The van der Waals surface area contributed by atoms with Crippen LogP contribution in [0.2, 0.25) is 0 Å². The second-order valence-corrected chi connectivity index (χ2v) is 3.86. The lowest BCUT2D eigenvalue weighted by atomic mass is 10.1. The predicted molar refractivity (Wildman–Crippen MR) is 56.8 cm³/mol. The summed E-state index contributed by atoms with van der Waals surface area (Å²) in [5.41, 5.74) is 5.55. The SMILES string of the molecule is CC(N)CCCC(=O)NCCC(C)O. The molecule has 84 valence electrons. The Morgan fingerprint density at radius 3 is 2.57 bits per heavy atom. The van der Waals surface area contributed by atoms with Gasteiger partial charge < -0.3 is 16.2 Å². The maximum Gasteiger partial charge on any atom is 0.219 e. The van der Waals surface area contributed by atoms with Crippen LogP contribution in [0.15, 0.2) is 0 Å². The number of nitrogens with one attached hydrogen (secondary N) is 1. The monoisotopic (exact) mass is 202 g/mol. The van der Waals surface area contributed by atoms with Crippen LogP contribution in [0.5, 0.6) is 0 Å². The van der Waals surface area contributed by atoms with Crippen LogP contribution < -0.4 is 11.1 Å². The summed E-state index contributed by atoms with van der Waals surface area (Å²) in [4.78, 5) is 11.2. The highest BCUT2D eigenvalue weighted by molar-refractivity contribution is 5.75. The minimum atomic E-state index is -0.348. The molecule has 0 bridgehead atoms. The van der Waals surface area contributed by atoms with Crippen LogP contribution in [0.1, 0.15) is 39.5 Å². The van der Waals surface area contributed by atoms with Gasteiger partial charge in [-0.25, -0.2) is 0 Å². The molecule has 1 amide bonds. The normalized spacial score (nSPS) is 14.9. The van der Waals surface area contributed by atoms with Gasteiger partial charge in [0.05, 0.1) is 6.10 Å². The van der Waals surface area contributed by atoms with E-state index >= 15 is 0 Å². The van der Waals surface area contributed by atoms with Gasteiger partial charge in [0.15, 0.2) is 0 Å². The van der Waals surface area contributed by atoms with Gasteiger partial charge in [-0.1, -0.05) is 0 Å². The molecule has 2 atom stereocenters. The molecule has 0 heterocycles. The molecule has 0 fully saturated rings. The van der Waals surface area contributed by atoms with Gasteiger partial charge in [-0.15, -0.1) is 0 Å². The van der Waals surface area contributed by atoms with Crippen LogP contribution in [0.4, 0.5) is 0 Å². The molecule has 0 saturated heterocycles. The highest BCUT2D eigenvalue weighted by Crippen LogP contribution is 1.98. The van der Waals surface area contributed by atoms with Gasteiger partial charge in [0.1, 0.15) is 0 Å². The topological polar surface area (TPSA) is 75.4 Å². The lowest BCUT2D eigenvalue weighted by molar-refractivity contribution is -0.121. The second kappa shape index (κ2) is 7.76. The zero-order chi connectivity index (χ0) is 11.0. The summed E-state index contributed by atoms with van der Waals surface area (Å²) in [7, 11) is 0. The molecule has 0 aliphatic rings. The van der Waals surface area contributed by atoms with Crippen molar-refractivity contribution in [3.63, 3.8) is 0 Å². The van der Waals surface area contributed by atoms with Crippen LogP contribution in [0.25, 0.3) is 0 Å². The molecular formula is C10H22N2O2. The van der Waals surface area contributed by atoms with E-state index in [1.807, 2.05) is 6.92 Å². The number of rotatable bonds is 7. The Morgan fingerprint density at radius 1 is 1.43 bits per heavy atom. The van der Waals surface area contributed by atoms with Gasteiger partial charge in [0.25, 0.3) is 0 Å². The van der Waals surface area contributed by atoms with Crippen LogP contribution in [-0.4, -0.2) is 29.7 Å². The van der Waals surface area contributed by atoms with Crippen molar-refractivity contribution in [2.75, 3.05) is 6.54 Å². The molecule has 14 heavy (non-hydrogen) atoms. The Bertz CT molecular complexity index is 142. The number of hydrogen-bond donors (Lipinski definition) is 3. The molecule has 0 radical (unpaired) electrons. The fraction of sp³-hybridized carbons (Fsp3) is 0.900. The van der Waals surface area contributed by atoms with Crippen LogP contribution in [0.3, 0.4) is 0 Å². The lowest BCUT2D eigenvalue weighted by Crippen LogP contribution is -2.26. The molecular weight excluding hydrogens is 180 g/mol. The van der Waals surface area contributed by atoms with Gasteiger partial charge in [-0.3, -0.25) is 4.79 Å². The number of aliphatic hydroxyl groups is 1. The van der Waals surface area contributed by atoms with Crippen molar-refractivity contribution in [3.8, 4) is 0 Å². The molecule has 0 aromatic rings. The van der Waals surface area contributed by atoms with Gasteiger partial charge in [0.2, 0.25) is 5.91 Å². The number of carbonyl (C=O) groups excluding carboxylic acids is 1. The van der Waals surface area contributed by atoms with Crippen molar-refractivity contribution in [2.45, 2.75) is 51.7 Å². The quantitative estimate of drug-likeness (QED) is 0.559. The molecule has 0 rings (SSSR count). The molecule has 0 saturated carbocycles. The number of amides is 1. The highest BCUT2D eigenvalue weighted by atomic mass is 16.3. The second-order valence-electron chi connectivity index (χ2n) is 3.86. The Hall–Kier alpha value is -0.610. The molecule has 4 N–H and O–H groups in total. The van der Waals surface area contributed by atoms with E-state index in [0.717, 1.165) is 12.8 Å². The van der Waals surface area contributed by atoms with E-state index in [1.165, 1.54) is 0 Å². The molecule has 4 nitrogen and oxygen atoms in total. The Kier molecular flexibility index (Phi) is 7.42. The average Bonchev–Trinajstić information content (AvgIpc) is 2.02. The predicted octanol–water partition coefficient (Wildman–Crippen LogP) is 0.391. The molecule has 0 aromatic carbocycles. The van der Waals surface area contributed by atoms with Crippen molar-refractivity contribution in [1.29, 1.82) is 0 Å². The number of carbonyl (C=O) groups is 1. The smallest absolute Gasteiger partial charge is 0.219 e. The zero-order valence-corrected chi connectivity index (χ0v) is 9.12. The van der Waals surface area contributed by atoms with Gasteiger partial charge in [0, 0.05) is 19.0 Å². The van der Waals surface area contributed by atoms with E-state index in [2.05, 4.69) is 5.32 Å². The fourth-order valence-electron chi connectivity index (χ4n) is 1.09. The minimum Gasteiger partial charge on any atom is -0.393 e. The first-order valence-electron chi connectivity index (χ1n) is 5.22. The number of hydrogen-bond acceptors (Lipinski definition) is 3. The third-order valence-corrected chi connectivity index (χ3v) is 1.95. The molecule has 0 aromatic heterocycles. The Morgan fingerprint density at radius 2 is 2.07 bits per heavy atom. The molecule has 0 aliphatic carbocycles. The van der Waals surface area contributed by atoms with Gasteiger partial charge >= 0.3 is 0 Å². The van der Waals surface area contributed by atoms with E-state index in [4.69, 9.17) is 10.8 Å². The van der Waals surface area contributed by atoms with Crippen molar-refractivity contribution in [2.24, 2.45) is 5.73 Å². The maximum atomic E-state index is 11.2. The summed E-state index contributed by atoms with van der Waals surface area (Å²) >= 11 is 0. The zero-order valence-electron chi connectivity index (χ0n) is 9.12. The van der Waals surface area contributed by atoms with E-state index in [0.29, 0.717) is 19.4 Å².